The molecule has 0 aliphatic carbocycles. The molecule has 0 aliphatic heterocycles. The van der Waals surface area contributed by atoms with Gasteiger partial charge < -0.3 is 5.32 Å². The number of benzene rings is 2. The maximum absolute atomic E-state index is 13.3. The Hall–Kier alpha value is -2.04. The van der Waals surface area contributed by atoms with E-state index in [4.69, 9.17) is 0 Å². The minimum atomic E-state index is -0.737. The zero-order valence-electron chi connectivity index (χ0n) is 9.18. The van der Waals surface area contributed by atoms with Crippen molar-refractivity contribution in [1.82, 2.24) is 0 Å². The van der Waals surface area contributed by atoms with E-state index >= 15 is 0 Å². The van der Waals surface area contributed by atoms with Crippen molar-refractivity contribution in [2.45, 2.75) is 6.54 Å². The standard InChI is InChI=1S/C13H9F4N/c14-8-4-5-12(17)13(6-8)18-7-9-10(15)2-1-3-11(9)16/h1-6,18H,7H2. The van der Waals surface area contributed by atoms with E-state index in [0.29, 0.717) is 0 Å². The van der Waals surface area contributed by atoms with E-state index in [1.807, 2.05) is 0 Å². The molecule has 0 unspecified atom stereocenters. The predicted molar refractivity (Wildman–Crippen MR) is 60.0 cm³/mol. The molecule has 5 heteroatoms. The smallest absolute Gasteiger partial charge is 0.146 e. The van der Waals surface area contributed by atoms with E-state index in [1.54, 1.807) is 0 Å². The molecule has 0 atom stereocenters. The number of rotatable bonds is 3. The van der Waals surface area contributed by atoms with Gasteiger partial charge in [-0.15, -0.1) is 0 Å². The Labute approximate surface area is 101 Å². The van der Waals surface area contributed by atoms with Gasteiger partial charge in [0.25, 0.3) is 0 Å². The third-order valence-electron chi connectivity index (χ3n) is 2.45. The number of anilines is 1. The number of nitrogens with one attached hydrogen (secondary N) is 1. The molecule has 0 heterocycles. The Morgan fingerprint density at radius 1 is 0.833 bits per heavy atom. The van der Waals surface area contributed by atoms with Gasteiger partial charge in [0, 0.05) is 12.1 Å². The second-order valence-corrected chi connectivity index (χ2v) is 3.68. The molecule has 1 nitrogen and oxygen atoms in total. The zero-order chi connectivity index (χ0) is 13.1. The van der Waals surface area contributed by atoms with Crippen LogP contribution in [0.25, 0.3) is 0 Å². The van der Waals surface area contributed by atoms with Gasteiger partial charge in [-0.2, -0.15) is 0 Å². The quantitative estimate of drug-likeness (QED) is 0.821. The molecular formula is C13H9F4N. The Morgan fingerprint density at radius 3 is 2.17 bits per heavy atom. The molecule has 0 aliphatic rings. The summed E-state index contributed by atoms with van der Waals surface area (Å²) in [5.74, 6) is -2.79. The molecule has 0 bridgehead atoms. The maximum Gasteiger partial charge on any atom is 0.146 e. The highest BCUT2D eigenvalue weighted by Gasteiger charge is 2.09. The van der Waals surface area contributed by atoms with Gasteiger partial charge in [-0.05, 0) is 30.3 Å². The van der Waals surface area contributed by atoms with Crippen LogP contribution in [0.2, 0.25) is 0 Å². The third-order valence-corrected chi connectivity index (χ3v) is 2.45. The van der Waals surface area contributed by atoms with E-state index < -0.39 is 23.3 Å². The van der Waals surface area contributed by atoms with Crippen molar-refractivity contribution in [3.8, 4) is 0 Å². The van der Waals surface area contributed by atoms with Crippen molar-refractivity contribution in [1.29, 1.82) is 0 Å². The fraction of sp³-hybridized carbons (Fsp3) is 0.0769. The van der Waals surface area contributed by atoms with Gasteiger partial charge in [-0.3, -0.25) is 0 Å². The van der Waals surface area contributed by atoms with E-state index in [2.05, 4.69) is 5.32 Å². The van der Waals surface area contributed by atoms with Crippen LogP contribution in [-0.4, -0.2) is 0 Å². The minimum Gasteiger partial charge on any atom is -0.378 e. The summed E-state index contributed by atoms with van der Waals surface area (Å²) in [7, 11) is 0. The summed E-state index contributed by atoms with van der Waals surface area (Å²) in [6.07, 6.45) is 0. The van der Waals surface area contributed by atoms with E-state index in [9.17, 15) is 17.6 Å². The van der Waals surface area contributed by atoms with Crippen molar-refractivity contribution >= 4 is 5.69 Å². The van der Waals surface area contributed by atoms with Crippen LogP contribution in [0.4, 0.5) is 23.2 Å². The molecule has 2 rings (SSSR count). The summed E-state index contributed by atoms with van der Waals surface area (Å²) < 4.78 is 52.7. The number of hydrogen-bond acceptors (Lipinski definition) is 1. The summed E-state index contributed by atoms with van der Waals surface area (Å²) in [6.45, 7) is -0.265. The monoisotopic (exact) mass is 255 g/mol. The van der Waals surface area contributed by atoms with Gasteiger partial charge >= 0.3 is 0 Å². The van der Waals surface area contributed by atoms with Crippen molar-refractivity contribution in [3.63, 3.8) is 0 Å². The SMILES string of the molecule is Fc1ccc(F)c(NCc2c(F)cccc2F)c1. The Balaban J connectivity index is 2.19. The molecule has 94 valence electrons. The van der Waals surface area contributed by atoms with E-state index in [-0.39, 0.29) is 17.8 Å². The van der Waals surface area contributed by atoms with Crippen molar-refractivity contribution < 1.29 is 17.6 Å². The largest absolute Gasteiger partial charge is 0.378 e. The summed E-state index contributed by atoms with van der Waals surface area (Å²) >= 11 is 0. The van der Waals surface area contributed by atoms with Crippen LogP contribution in [0.5, 0.6) is 0 Å². The average Bonchev–Trinajstić information content (AvgIpc) is 2.33. The lowest BCUT2D eigenvalue weighted by Crippen LogP contribution is -2.06. The molecule has 0 fully saturated rings. The van der Waals surface area contributed by atoms with Crippen molar-refractivity contribution in [2.24, 2.45) is 0 Å². The predicted octanol–water partition coefficient (Wildman–Crippen LogP) is 3.86. The Bertz CT molecular complexity index is 549. The summed E-state index contributed by atoms with van der Waals surface area (Å²) in [4.78, 5) is 0. The van der Waals surface area contributed by atoms with Crippen LogP contribution in [-0.2, 0) is 6.54 Å². The first-order valence-corrected chi connectivity index (χ1v) is 5.20. The molecule has 1 N–H and O–H groups in total. The maximum atomic E-state index is 13.3. The molecule has 0 spiro atoms. The molecule has 18 heavy (non-hydrogen) atoms. The summed E-state index contributed by atoms with van der Waals surface area (Å²) in [6, 6.07) is 6.26. The third kappa shape index (κ3) is 2.61. The molecule has 0 aromatic heterocycles. The molecule has 0 radical (unpaired) electrons. The lowest BCUT2D eigenvalue weighted by molar-refractivity contribution is 0.558. The second-order valence-electron chi connectivity index (χ2n) is 3.68. The highest BCUT2D eigenvalue weighted by molar-refractivity contribution is 5.45. The molecule has 0 amide bonds. The lowest BCUT2D eigenvalue weighted by atomic mass is 10.2. The average molecular weight is 255 g/mol. The molecule has 2 aromatic carbocycles. The topological polar surface area (TPSA) is 12.0 Å². The van der Waals surface area contributed by atoms with Gasteiger partial charge in [0.05, 0.1) is 5.69 Å². The Morgan fingerprint density at radius 2 is 1.50 bits per heavy atom. The summed E-state index contributed by atoms with van der Waals surface area (Å²) in [5.41, 5.74) is -0.362. The van der Waals surface area contributed by atoms with Crippen molar-refractivity contribution in [3.05, 3.63) is 65.2 Å². The number of halogens is 4. The summed E-state index contributed by atoms with van der Waals surface area (Å²) in [5, 5.41) is 2.46. The second kappa shape index (κ2) is 5.08. The molecule has 0 saturated heterocycles. The highest BCUT2D eigenvalue weighted by atomic mass is 19.1. The van der Waals surface area contributed by atoms with E-state index in [1.165, 1.54) is 6.07 Å². The Kier molecular flexibility index (Phi) is 3.50. The van der Waals surface area contributed by atoms with Crippen LogP contribution in [0.15, 0.2) is 36.4 Å². The molecule has 0 saturated carbocycles. The first-order valence-electron chi connectivity index (χ1n) is 5.20. The first-order chi connectivity index (χ1) is 8.58. The van der Waals surface area contributed by atoms with Crippen LogP contribution < -0.4 is 5.32 Å². The highest BCUT2D eigenvalue weighted by Crippen LogP contribution is 2.18. The minimum absolute atomic E-state index is 0.141. The van der Waals surface area contributed by atoms with Gasteiger partial charge in [0.1, 0.15) is 23.3 Å². The van der Waals surface area contributed by atoms with Crippen LogP contribution >= 0.6 is 0 Å². The van der Waals surface area contributed by atoms with Gasteiger partial charge in [0.2, 0.25) is 0 Å². The van der Waals surface area contributed by atoms with Crippen LogP contribution in [0.3, 0.4) is 0 Å². The zero-order valence-corrected chi connectivity index (χ0v) is 9.18. The van der Waals surface area contributed by atoms with Crippen LogP contribution in [0.1, 0.15) is 5.56 Å². The van der Waals surface area contributed by atoms with Crippen molar-refractivity contribution in [2.75, 3.05) is 5.32 Å². The molecule has 2 aromatic rings. The normalized spacial score (nSPS) is 10.4. The van der Waals surface area contributed by atoms with Gasteiger partial charge in [0.15, 0.2) is 0 Å². The van der Waals surface area contributed by atoms with E-state index in [0.717, 1.165) is 30.3 Å². The fourth-order valence-electron chi connectivity index (χ4n) is 1.52. The molecular weight excluding hydrogens is 246 g/mol. The lowest BCUT2D eigenvalue weighted by Gasteiger charge is -2.09. The fourth-order valence-corrected chi connectivity index (χ4v) is 1.52. The number of hydrogen-bond donors (Lipinski definition) is 1. The first kappa shape index (κ1) is 12.4. The van der Waals surface area contributed by atoms with Gasteiger partial charge in [-0.25, -0.2) is 17.6 Å². The van der Waals surface area contributed by atoms with Crippen LogP contribution in [0, 0.1) is 23.3 Å². The van der Waals surface area contributed by atoms with Gasteiger partial charge in [-0.1, -0.05) is 6.07 Å².